The quantitative estimate of drug-likeness (QED) is 0.168. The molecule has 0 saturated carbocycles. The normalized spacial score (nSPS) is 11.5. The Morgan fingerprint density at radius 3 is 1.56 bits per heavy atom. The van der Waals surface area contributed by atoms with Crippen LogP contribution >= 0.6 is 11.8 Å². The monoisotopic (exact) mass is 464 g/mol. The van der Waals surface area contributed by atoms with Gasteiger partial charge in [0.15, 0.2) is 5.76 Å². The van der Waals surface area contributed by atoms with Crippen molar-refractivity contribution in [3.05, 3.63) is 143 Å². The molecule has 0 aliphatic rings. The van der Waals surface area contributed by atoms with Crippen molar-refractivity contribution in [3.8, 4) is 0 Å². The largest absolute Gasteiger partial charge is 0.421 e. The second-order valence-corrected chi connectivity index (χ2v) is 8.88. The molecule has 0 unspecified atom stereocenters. The molecule has 4 heteroatoms. The van der Waals surface area contributed by atoms with Crippen LogP contribution in [0.3, 0.4) is 0 Å². The van der Waals surface area contributed by atoms with Crippen LogP contribution in [0.2, 0.25) is 0 Å². The molecule has 0 N–H and O–H groups in total. The van der Waals surface area contributed by atoms with Gasteiger partial charge in [-0.05, 0) is 43.3 Å². The Kier molecular flexibility index (Phi) is 7.41. The highest BCUT2D eigenvalue weighted by molar-refractivity contribution is 8.22. The molecule has 0 bridgehead atoms. The summed E-state index contributed by atoms with van der Waals surface area (Å²) in [6, 6.07) is 33.6. The molecule has 0 aromatic heterocycles. The van der Waals surface area contributed by atoms with Crippen molar-refractivity contribution in [2.45, 2.75) is 13.8 Å². The lowest BCUT2D eigenvalue weighted by Gasteiger charge is -2.16. The zero-order chi connectivity index (χ0) is 23.9. The third-order valence-corrected chi connectivity index (χ3v) is 6.29. The molecular formula is C30H24O3S. The van der Waals surface area contributed by atoms with E-state index < -0.39 is 5.97 Å². The molecule has 4 aromatic carbocycles. The summed E-state index contributed by atoms with van der Waals surface area (Å²) in [6.07, 6.45) is 0. The minimum absolute atomic E-state index is 0.126. The van der Waals surface area contributed by atoms with Crippen molar-refractivity contribution in [2.75, 3.05) is 0 Å². The van der Waals surface area contributed by atoms with E-state index in [9.17, 15) is 9.59 Å². The maximum atomic E-state index is 13.3. The molecule has 4 rings (SSSR count). The molecule has 168 valence electrons. The Hall–Kier alpha value is -3.89. The van der Waals surface area contributed by atoms with E-state index in [1.165, 1.54) is 0 Å². The fraction of sp³-hybridized carbons (Fsp3) is 0.0667. The van der Waals surface area contributed by atoms with Crippen molar-refractivity contribution in [1.29, 1.82) is 0 Å². The number of carbonyl (C=O) groups excluding carboxylic acids is 2. The second-order valence-electron chi connectivity index (χ2n) is 7.90. The van der Waals surface area contributed by atoms with Gasteiger partial charge in [0.05, 0.1) is 10.5 Å². The lowest BCUT2D eigenvalue weighted by atomic mass is 10.1. The molecule has 0 fully saturated rings. The molecule has 4 aromatic rings. The highest BCUT2D eigenvalue weighted by Gasteiger charge is 2.22. The van der Waals surface area contributed by atoms with Gasteiger partial charge in [0.25, 0.3) is 0 Å². The van der Waals surface area contributed by atoms with Crippen LogP contribution in [0, 0.1) is 13.8 Å². The van der Waals surface area contributed by atoms with E-state index in [0.29, 0.717) is 27.4 Å². The summed E-state index contributed by atoms with van der Waals surface area (Å²) in [5, 5.41) is -0.126. The standard InChI is InChI=1S/C30H24O3S/c1-21-13-17-25(18-14-21)29(31)33-27(23-9-5-3-6-10-23)28(24-11-7-4-8-12-24)34-30(32)26-19-15-22(2)16-20-26/h3-20H,1-2H3/b28-27-. The topological polar surface area (TPSA) is 43.4 Å². The van der Waals surface area contributed by atoms with Crippen molar-refractivity contribution >= 4 is 33.5 Å². The number of carbonyl (C=O) groups is 2. The molecule has 0 radical (unpaired) electrons. The summed E-state index contributed by atoms with van der Waals surface area (Å²) in [5.41, 5.74) is 4.68. The number of hydrogen-bond acceptors (Lipinski definition) is 4. The van der Waals surface area contributed by atoms with E-state index in [4.69, 9.17) is 4.74 Å². The highest BCUT2D eigenvalue weighted by Crippen LogP contribution is 2.38. The maximum absolute atomic E-state index is 13.3. The van der Waals surface area contributed by atoms with Crippen molar-refractivity contribution in [2.24, 2.45) is 0 Å². The Morgan fingerprint density at radius 1 is 0.559 bits per heavy atom. The summed E-state index contributed by atoms with van der Waals surface area (Å²) in [6.45, 7) is 3.94. The summed E-state index contributed by atoms with van der Waals surface area (Å²) in [4.78, 5) is 27.0. The third kappa shape index (κ3) is 5.72. The van der Waals surface area contributed by atoms with E-state index in [-0.39, 0.29) is 5.12 Å². The molecule has 34 heavy (non-hydrogen) atoms. The molecule has 0 atom stereocenters. The van der Waals surface area contributed by atoms with Crippen LogP contribution in [0.15, 0.2) is 109 Å². The summed E-state index contributed by atoms with van der Waals surface area (Å²) in [7, 11) is 0. The molecule has 0 heterocycles. The number of esters is 1. The molecule has 3 nitrogen and oxygen atoms in total. The molecule has 0 aliphatic carbocycles. The van der Waals surface area contributed by atoms with Gasteiger partial charge in [-0.2, -0.15) is 0 Å². The van der Waals surface area contributed by atoms with E-state index >= 15 is 0 Å². The minimum Gasteiger partial charge on any atom is -0.421 e. The first-order valence-electron chi connectivity index (χ1n) is 10.9. The van der Waals surface area contributed by atoms with Crippen LogP contribution < -0.4 is 0 Å². The minimum atomic E-state index is -0.476. The van der Waals surface area contributed by atoms with Gasteiger partial charge in [-0.3, -0.25) is 4.79 Å². The van der Waals surface area contributed by atoms with Gasteiger partial charge in [-0.1, -0.05) is 108 Å². The number of benzene rings is 4. The van der Waals surface area contributed by atoms with Crippen LogP contribution in [-0.2, 0) is 4.74 Å². The number of aryl methyl sites for hydroxylation is 2. The van der Waals surface area contributed by atoms with Crippen LogP contribution in [-0.4, -0.2) is 11.1 Å². The molecule has 0 saturated heterocycles. The number of rotatable bonds is 6. The van der Waals surface area contributed by atoms with Gasteiger partial charge < -0.3 is 4.74 Å². The van der Waals surface area contributed by atoms with Gasteiger partial charge in [-0.15, -0.1) is 0 Å². The summed E-state index contributed by atoms with van der Waals surface area (Å²) in [5.74, 6) is -0.126. The van der Waals surface area contributed by atoms with Crippen molar-refractivity contribution in [3.63, 3.8) is 0 Å². The van der Waals surface area contributed by atoms with Crippen molar-refractivity contribution in [1.82, 2.24) is 0 Å². The van der Waals surface area contributed by atoms with Crippen LogP contribution in [0.1, 0.15) is 43.0 Å². The molecule has 0 aliphatic heterocycles. The Balaban J connectivity index is 1.81. The zero-order valence-corrected chi connectivity index (χ0v) is 19.8. The number of ether oxygens (including phenoxy) is 1. The fourth-order valence-corrected chi connectivity index (χ4v) is 4.28. The van der Waals surface area contributed by atoms with Gasteiger partial charge >= 0.3 is 5.97 Å². The van der Waals surface area contributed by atoms with E-state index in [2.05, 4.69) is 0 Å². The average Bonchev–Trinajstić information content (AvgIpc) is 2.87. The molecular weight excluding hydrogens is 440 g/mol. The van der Waals surface area contributed by atoms with Crippen LogP contribution in [0.25, 0.3) is 10.7 Å². The van der Waals surface area contributed by atoms with Crippen molar-refractivity contribution < 1.29 is 14.3 Å². The Morgan fingerprint density at radius 2 is 1.03 bits per heavy atom. The zero-order valence-electron chi connectivity index (χ0n) is 19.0. The lowest BCUT2D eigenvalue weighted by Crippen LogP contribution is -2.07. The van der Waals surface area contributed by atoms with Gasteiger partial charge in [0.2, 0.25) is 5.12 Å². The van der Waals surface area contributed by atoms with Crippen LogP contribution in [0.4, 0.5) is 0 Å². The Bertz CT molecular complexity index is 1200. The number of hydrogen-bond donors (Lipinski definition) is 0. The summed E-state index contributed by atoms with van der Waals surface area (Å²) < 4.78 is 6.00. The smallest absolute Gasteiger partial charge is 0.343 e. The first-order valence-corrected chi connectivity index (χ1v) is 11.8. The molecule has 0 spiro atoms. The first kappa shape index (κ1) is 23.3. The predicted molar refractivity (Wildman–Crippen MR) is 139 cm³/mol. The first-order chi connectivity index (χ1) is 16.5. The predicted octanol–water partition coefficient (Wildman–Crippen LogP) is 7.56. The van der Waals surface area contributed by atoms with Gasteiger partial charge in [0, 0.05) is 11.1 Å². The highest BCUT2D eigenvalue weighted by atomic mass is 32.2. The van der Waals surface area contributed by atoms with E-state index in [1.807, 2.05) is 111 Å². The van der Waals surface area contributed by atoms with E-state index in [0.717, 1.165) is 28.5 Å². The average molecular weight is 465 g/mol. The maximum Gasteiger partial charge on any atom is 0.343 e. The molecule has 0 amide bonds. The van der Waals surface area contributed by atoms with Crippen LogP contribution in [0.5, 0.6) is 0 Å². The Labute approximate surface area is 204 Å². The number of thioether (sulfide) groups is 1. The summed E-state index contributed by atoms with van der Waals surface area (Å²) >= 11 is 1.06. The van der Waals surface area contributed by atoms with E-state index in [1.54, 1.807) is 12.1 Å². The lowest BCUT2D eigenvalue weighted by molar-refractivity contribution is 0.0693. The van der Waals surface area contributed by atoms with Gasteiger partial charge in [0.1, 0.15) is 0 Å². The second kappa shape index (κ2) is 10.8. The fourth-order valence-electron chi connectivity index (χ4n) is 3.33. The SMILES string of the molecule is Cc1ccc(C(=O)O/C(=C(\SC(=O)c2ccc(C)cc2)c2ccccc2)c2ccccc2)cc1. The van der Waals surface area contributed by atoms with Gasteiger partial charge in [-0.25, -0.2) is 4.79 Å². The third-order valence-electron chi connectivity index (χ3n) is 5.24.